The molecule has 38 heavy (non-hydrogen) atoms. The molecule has 204 valence electrons. The molecule has 2 aromatic rings. The van der Waals surface area contributed by atoms with Gasteiger partial charge in [0.15, 0.2) is 5.60 Å². The average molecular weight is 526 g/mol. The summed E-state index contributed by atoms with van der Waals surface area (Å²) >= 11 is 0. The first-order valence-electron chi connectivity index (χ1n) is 13.4. The van der Waals surface area contributed by atoms with Gasteiger partial charge < -0.3 is 24.3 Å². The molecule has 5 rings (SSSR count). The van der Waals surface area contributed by atoms with E-state index in [1.54, 1.807) is 12.1 Å². The van der Waals surface area contributed by atoms with Crippen molar-refractivity contribution in [3.8, 4) is 22.6 Å². The van der Waals surface area contributed by atoms with Crippen molar-refractivity contribution < 1.29 is 28.6 Å². The third-order valence-electron chi connectivity index (χ3n) is 7.86. The van der Waals surface area contributed by atoms with Gasteiger partial charge in [0.25, 0.3) is 0 Å². The second-order valence-corrected chi connectivity index (χ2v) is 10.8. The number of piperidine rings is 1. The van der Waals surface area contributed by atoms with Crippen molar-refractivity contribution in [1.29, 1.82) is 0 Å². The standard InChI is InChI=1S/C29H36FN3O5/c1-4-36-23-14-20(15-24(37-5-2)26(23)21-6-8-22(30)9-7-21)17-32-18-29(19-32)16-25(31-38-29)33-12-10-28(3,11-13-33)27(34)35/h6-9,14-15H,4-5,10-13,16-19H2,1-3H3,(H,34,35). The largest absolute Gasteiger partial charge is 0.493 e. The molecule has 8 nitrogen and oxygen atoms in total. The van der Waals surface area contributed by atoms with E-state index in [4.69, 9.17) is 14.3 Å². The predicted octanol–water partition coefficient (Wildman–Crippen LogP) is 4.77. The molecule has 0 atom stereocenters. The SMILES string of the molecule is CCOc1cc(CN2CC3(CC(N4CCC(C)(C(=O)O)CC4)=NO3)C2)cc(OCC)c1-c1ccc(F)cc1. The van der Waals surface area contributed by atoms with Gasteiger partial charge in [-0.15, -0.1) is 0 Å². The first-order valence-corrected chi connectivity index (χ1v) is 13.4. The molecule has 3 aliphatic heterocycles. The number of carboxylic acids is 1. The van der Waals surface area contributed by atoms with Crippen molar-refractivity contribution in [1.82, 2.24) is 9.80 Å². The Kier molecular flexibility index (Phi) is 7.22. The Balaban J connectivity index is 1.24. The molecule has 0 amide bonds. The van der Waals surface area contributed by atoms with Crippen molar-refractivity contribution in [2.75, 3.05) is 39.4 Å². The van der Waals surface area contributed by atoms with E-state index in [1.807, 2.05) is 32.9 Å². The minimum absolute atomic E-state index is 0.284. The van der Waals surface area contributed by atoms with Crippen molar-refractivity contribution in [3.05, 3.63) is 47.8 Å². The highest BCUT2D eigenvalue weighted by atomic mass is 19.1. The zero-order chi connectivity index (χ0) is 26.9. The highest BCUT2D eigenvalue weighted by Gasteiger charge is 2.51. The zero-order valence-electron chi connectivity index (χ0n) is 22.3. The Hall–Kier alpha value is -3.33. The van der Waals surface area contributed by atoms with Crippen LogP contribution in [-0.2, 0) is 16.2 Å². The molecule has 0 saturated carbocycles. The van der Waals surface area contributed by atoms with Crippen LogP contribution in [0.15, 0.2) is 41.6 Å². The summed E-state index contributed by atoms with van der Waals surface area (Å²) in [6, 6.07) is 10.5. The van der Waals surface area contributed by atoms with Gasteiger partial charge in [-0.25, -0.2) is 4.39 Å². The first-order chi connectivity index (χ1) is 18.2. The minimum Gasteiger partial charge on any atom is -0.493 e. The molecule has 0 bridgehead atoms. The van der Waals surface area contributed by atoms with Crippen LogP contribution in [-0.4, -0.2) is 71.7 Å². The summed E-state index contributed by atoms with van der Waals surface area (Å²) in [5.41, 5.74) is 1.77. The lowest BCUT2D eigenvalue weighted by atomic mass is 9.80. The van der Waals surface area contributed by atoms with Crippen molar-refractivity contribution in [2.45, 2.75) is 52.2 Å². The maximum atomic E-state index is 13.6. The number of carbonyl (C=O) groups is 1. The Morgan fingerprint density at radius 3 is 2.24 bits per heavy atom. The first kappa shape index (κ1) is 26.3. The van der Waals surface area contributed by atoms with E-state index < -0.39 is 11.4 Å². The summed E-state index contributed by atoms with van der Waals surface area (Å²) in [4.78, 5) is 22.0. The molecule has 2 aromatic carbocycles. The number of oxime groups is 1. The summed E-state index contributed by atoms with van der Waals surface area (Å²) in [6.45, 7) is 10.3. The maximum absolute atomic E-state index is 13.6. The quantitative estimate of drug-likeness (QED) is 0.532. The van der Waals surface area contributed by atoms with Gasteiger partial charge in [0, 0.05) is 32.7 Å². The molecule has 9 heteroatoms. The zero-order valence-corrected chi connectivity index (χ0v) is 22.3. The van der Waals surface area contributed by atoms with Crippen LogP contribution < -0.4 is 9.47 Å². The molecular formula is C29H36FN3O5. The number of nitrogens with zero attached hydrogens (tertiary/aromatic N) is 3. The normalized spacial score (nSPS) is 20.0. The number of rotatable bonds is 8. The van der Waals surface area contributed by atoms with Gasteiger partial charge in [-0.3, -0.25) is 9.69 Å². The summed E-state index contributed by atoms with van der Waals surface area (Å²) in [6.07, 6.45) is 1.96. The highest BCUT2D eigenvalue weighted by Crippen LogP contribution is 2.42. The lowest BCUT2D eigenvalue weighted by Gasteiger charge is -2.45. The van der Waals surface area contributed by atoms with Crippen LogP contribution in [0.5, 0.6) is 11.5 Å². The third kappa shape index (κ3) is 5.16. The van der Waals surface area contributed by atoms with E-state index in [0.717, 1.165) is 53.5 Å². The van der Waals surface area contributed by atoms with Gasteiger partial charge in [0.05, 0.1) is 30.6 Å². The Morgan fingerprint density at radius 1 is 1.08 bits per heavy atom. The van der Waals surface area contributed by atoms with Crippen LogP contribution >= 0.6 is 0 Å². The number of hydrogen-bond acceptors (Lipinski definition) is 7. The number of halogens is 1. The van der Waals surface area contributed by atoms with Gasteiger partial charge in [0.1, 0.15) is 23.2 Å². The van der Waals surface area contributed by atoms with Crippen molar-refractivity contribution >= 4 is 11.8 Å². The van der Waals surface area contributed by atoms with Crippen molar-refractivity contribution in [2.24, 2.45) is 10.6 Å². The van der Waals surface area contributed by atoms with Gasteiger partial charge in [0.2, 0.25) is 0 Å². The number of amidine groups is 1. The van der Waals surface area contributed by atoms with Crippen LogP contribution in [0.1, 0.15) is 45.6 Å². The third-order valence-corrected chi connectivity index (χ3v) is 7.86. The Morgan fingerprint density at radius 2 is 1.68 bits per heavy atom. The molecule has 0 radical (unpaired) electrons. The number of benzene rings is 2. The molecular weight excluding hydrogens is 489 g/mol. The minimum atomic E-state index is -0.724. The summed E-state index contributed by atoms with van der Waals surface area (Å²) in [7, 11) is 0. The second kappa shape index (κ2) is 10.4. The van der Waals surface area contributed by atoms with Crippen molar-refractivity contribution in [3.63, 3.8) is 0 Å². The van der Waals surface area contributed by atoms with E-state index in [9.17, 15) is 14.3 Å². The number of aliphatic carboxylic acids is 1. The number of hydrogen-bond donors (Lipinski definition) is 1. The molecule has 2 fully saturated rings. The Bertz CT molecular complexity index is 1170. The molecule has 0 unspecified atom stereocenters. The van der Waals surface area contributed by atoms with E-state index >= 15 is 0 Å². The lowest BCUT2D eigenvalue weighted by molar-refractivity contribution is -0.150. The predicted molar refractivity (Wildman–Crippen MR) is 142 cm³/mol. The van der Waals surface area contributed by atoms with Gasteiger partial charge in [-0.2, -0.15) is 0 Å². The molecule has 3 heterocycles. The van der Waals surface area contributed by atoms with Gasteiger partial charge in [-0.05, 0) is 69.0 Å². The smallest absolute Gasteiger partial charge is 0.309 e. The fourth-order valence-electron chi connectivity index (χ4n) is 5.63. The number of carboxylic acid groups (broad SMARTS) is 1. The van der Waals surface area contributed by atoms with E-state index in [-0.39, 0.29) is 11.4 Å². The molecule has 2 saturated heterocycles. The molecule has 0 aliphatic carbocycles. The monoisotopic (exact) mass is 525 g/mol. The average Bonchev–Trinajstić information content (AvgIpc) is 3.31. The van der Waals surface area contributed by atoms with E-state index in [0.29, 0.717) is 45.7 Å². The maximum Gasteiger partial charge on any atom is 0.309 e. The van der Waals surface area contributed by atoms with Gasteiger partial charge >= 0.3 is 5.97 Å². The van der Waals surface area contributed by atoms with Crippen LogP contribution in [0.2, 0.25) is 0 Å². The summed E-state index contributed by atoms with van der Waals surface area (Å²) < 4.78 is 25.6. The van der Waals surface area contributed by atoms with Crippen LogP contribution in [0.4, 0.5) is 4.39 Å². The fourth-order valence-corrected chi connectivity index (χ4v) is 5.63. The second-order valence-electron chi connectivity index (χ2n) is 10.8. The van der Waals surface area contributed by atoms with Gasteiger partial charge in [-0.1, -0.05) is 17.3 Å². The van der Waals surface area contributed by atoms with Crippen LogP contribution in [0.25, 0.3) is 11.1 Å². The molecule has 0 aromatic heterocycles. The Labute approximate surface area is 223 Å². The number of likely N-dealkylation sites (tertiary alicyclic amines) is 2. The summed E-state index contributed by atoms with van der Waals surface area (Å²) in [5, 5.41) is 13.9. The number of ether oxygens (including phenoxy) is 2. The van der Waals surface area contributed by atoms with Crippen LogP contribution in [0, 0.1) is 11.2 Å². The fraction of sp³-hybridized carbons (Fsp3) is 0.517. The van der Waals surface area contributed by atoms with Crippen LogP contribution in [0.3, 0.4) is 0 Å². The van der Waals surface area contributed by atoms with E-state index in [1.165, 1.54) is 12.1 Å². The molecule has 1 spiro atoms. The molecule has 3 aliphatic rings. The highest BCUT2D eigenvalue weighted by molar-refractivity contribution is 5.85. The topological polar surface area (TPSA) is 83.8 Å². The lowest BCUT2D eigenvalue weighted by Crippen LogP contribution is -2.61. The van der Waals surface area contributed by atoms with E-state index in [2.05, 4.69) is 15.0 Å². The summed E-state index contributed by atoms with van der Waals surface area (Å²) in [5.74, 6) is 1.36. The molecule has 1 N–H and O–H groups in total.